The molecule has 4 unspecified atom stereocenters. The van der Waals surface area contributed by atoms with Crippen molar-refractivity contribution in [2.24, 2.45) is 23.7 Å². The van der Waals surface area contributed by atoms with Crippen molar-refractivity contribution in [3.05, 3.63) is 30.3 Å². The van der Waals surface area contributed by atoms with Gasteiger partial charge in [-0.1, -0.05) is 12.1 Å². The molecule has 1 aromatic heterocycles. The van der Waals surface area contributed by atoms with Crippen molar-refractivity contribution in [2.45, 2.75) is 12.8 Å². The number of nitrogen functional groups attached to an aromatic ring is 1. The summed E-state index contributed by atoms with van der Waals surface area (Å²) >= 11 is 0. The van der Waals surface area contributed by atoms with Crippen molar-refractivity contribution >= 4 is 11.5 Å². The normalized spacial score (nSPS) is 31.0. The Kier molecular flexibility index (Phi) is 2.63. The van der Waals surface area contributed by atoms with Crippen LogP contribution in [0.1, 0.15) is 12.8 Å². The van der Waals surface area contributed by atoms with E-state index in [2.05, 4.69) is 15.1 Å². The first-order valence-corrected chi connectivity index (χ1v) is 8.39. The lowest BCUT2D eigenvalue weighted by Gasteiger charge is -2.30. The third-order valence-electron chi connectivity index (χ3n) is 6.04. The Bertz CT molecular complexity index is 777. The highest BCUT2D eigenvalue weighted by molar-refractivity contribution is 5.74. The smallest absolute Gasteiger partial charge is 0.169 e. The molecular formula is C18H20N4O. The number of anilines is 2. The minimum atomic E-state index is 0.219. The van der Waals surface area contributed by atoms with Gasteiger partial charge in [0.1, 0.15) is 5.75 Å². The molecule has 2 aliphatic carbocycles. The molecule has 0 amide bonds. The predicted octanol–water partition coefficient (Wildman–Crippen LogP) is 2.52. The van der Waals surface area contributed by atoms with Crippen LogP contribution in [0.15, 0.2) is 30.3 Å². The first-order chi connectivity index (χ1) is 11.2. The molecule has 3 aliphatic rings. The van der Waals surface area contributed by atoms with Crippen molar-refractivity contribution in [2.75, 3.05) is 23.7 Å². The van der Waals surface area contributed by atoms with Crippen LogP contribution in [0.5, 0.6) is 5.75 Å². The standard InChI is InChI=1S/C18H20N4O/c19-18-15(22-6-5-10-7-12-13(9-22)17(10)12)8-14(20-21-18)11-3-1-2-4-16(11)23/h1-4,8,10,12-13,17,23H,5-7,9H2,(H2,19,21). The number of nitrogens with zero attached hydrogens (tertiary/aromatic N) is 3. The summed E-state index contributed by atoms with van der Waals surface area (Å²) in [4.78, 5) is 2.38. The fourth-order valence-corrected chi connectivity index (χ4v) is 4.74. The first-order valence-electron chi connectivity index (χ1n) is 8.39. The van der Waals surface area contributed by atoms with E-state index in [9.17, 15) is 5.11 Å². The van der Waals surface area contributed by atoms with Gasteiger partial charge in [0.05, 0.1) is 11.4 Å². The van der Waals surface area contributed by atoms with Crippen molar-refractivity contribution in [1.29, 1.82) is 0 Å². The van der Waals surface area contributed by atoms with Crippen LogP contribution in [0.2, 0.25) is 0 Å². The van der Waals surface area contributed by atoms with Crippen LogP contribution in [0.3, 0.4) is 0 Å². The Labute approximate surface area is 135 Å². The van der Waals surface area contributed by atoms with E-state index in [1.807, 2.05) is 18.2 Å². The Morgan fingerprint density at radius 2 is 2.04 bits per heavy atom. The van der Waals surface area contributed by atoms with Gasteiger partial charge < -0.3 is 15.7 Å². The molecular weight excluding hydrogens is 288 g/mol. The second kappa shape index (κ2) is 4.60. The van der Waals surface area contributed by atoms with E-state index in [-0.39, 0.29) is 5.75 Å². The van der Waals surface area contributed by atoms with Crippen LogP contribution < -0.4 is 10.6 Å². The number of hydrogen-bond acceptors (Lipinski definition) is 5. The molecule has 5 nitrogen and oxygen atoms in total. The van der Waals surface area contributed by atoms with Crippen LogP contribution in [0, 0.1) is 23.7 Å². The van der Waals surface area contributed by atoms with Crippen LogP contribution in [0.25, 0.3) is 11.3 Å². The van der Waals surface area contributed by atoms with Crippen molar-refractivity contribution in [3.8, 4) is 17.0 Å². The van der Waals surface area contributed by atoms with Gasteiger partial charge in [-0.25, -0.2) is 0 Å². The number of para-hydroxylation sites is 1. The maximum atomic E-state index is 10.1. The van der Waals surface area contributed by atoms with Crippen LogP contribution in [0.4, 0.5) is 11.5 Å². The summed E-state index contributed by atoms with van der Waals surface area (Å²) in [6, 6.07) is 9.20. The maximum Gasteiger partial charge on any atom is 0.169 e. The van der Waals surface area contributed by atoms with Crippen molar-refractivity contribution < 1.29 is 5.11 Å². The van der Waals surface area contributed by atoms with E-state index >= 15 is 0 Å². The van der Waals surface area contributed by atoms with E-state index < -0.39 is 0 Å². The van der Waals surface area contributed by atoms with Gasteiger partial charge in [-0.3, -0.25) is 0 Å². The number of phenols is 1. The zero-order valence-electron chi connectivity index (χ0n) is 12.9. The molecule has 1 aliphatic heterocycles. The highest BCUT2D eigenvalue weighted by Crippen LogP contribution is 2.67. The van der Waals surface area contributed by atoms with Gasteiger partial charge in [-0.05, 0) is 54.7 Å². The average molecular weight is 308 g/mol. The van der Waals surface area contributed by atoms with E-state index in [4.69, 9.17) is 5.73 Å². The average Bonchev–Trinajstić information content (AvgIpc) is 3.12. The van der Waals surface area contributed by atoms with Gasteiger partial charge in [0.2, 0.25) is 0 Å². The summed E-state index contributed by atoms with van der Waals surface area (Å²) in [7, 11) is 0. The lowest BCUT2D eigenvalue weighted by Crippen LogP contribution is -2.30. The Morgan fingerprint density at radius 3 is 2.91 bits per heavy atom. The van der Waals surface area contributed by atoms with Gasteiger partial charge in [0.25, 0.3) is 0 Å². The number of phenolic OH excluding ortho intramolecular Hbond substituents is 1. The molecule has 1 aromatic carbocycles. The summed E-state index contributed by atoms with van der Waals surface area (Å²) in [6.07, 6.45) is 2.70. The van der Waals surface area contributed by atoms with Crippen molar-refractivity contribution in [1.82, 2.24) is 10.2 Å². The second-order valence-electron chi connectivity index (χ2n) is 7.15. The highest BCUT2D eigenvalue weighted by Gasteiger charge is 2.63. The lowest BCUT2D eigenvalue weighted by atomic mass is 9.83. The second-order valence-corrected chi connectivity index (χ2v) is 7.15. The minimum absolute atomic E-state index is 0.219. The summed E-state index contributed by atoms with van der Waals surface area (Å²) in [5, 5.41) is 18.4. The van der Waals surface area contributed by atoms with Gasteiger partial charge in [0.15, 0.2) is 5.82 Å². The van der Waals surface area contributed by atoms with Crippen LogP contribution in [-0.2, 0) is 0 Å². The SMILES string of the molecule is Nc1nnc(-c2ccccc2O)cc1N1CCC2CC3C(C1)C23. The summed E-state index contributed by atoms with van der Waals surface area (Å²) < 4.78 is 0. The molecule has 0 radical (unpaired) electrons. The molecule has 2 heterocycles. The number of aromatic hydroxyl groups is 1. The molecule has 5 heteroatoms. The maximum absolute atomic E-state index is 10.1. The molecule has 0 spiro atoms. The predicted molar refractivity (Wildman–Crippen MR) is 89.0 cm³/mol. The summed E-state index contributed by atoms with van der Waals surface area (Å²) in [5.74, 6) is 4.44. The van der Waals surface area contributed by atoms with Gasteiger partial charge in [0, 0.05) is 18.7 Å². The Balaban J connectivity index is 1.50. The molecule has 2 saturated carbocycles. The molecule has 3 fully saturated rings. The lowest BCUT2D eigenvalue weighted by molar-refractivity contribution is 0.274. The number of hydrogen-bond donors (Lipinski definition) is 2. The summed E-state index contributed by atoms with van der Waals surface area (Å²) in [6.45, 7) is 2.13. The Morgan fingerprint density at radius 1 is 1.17 bits per heavy atom. The molecule has 4 atom stereocenters. The summed E-state index contributed by atoms with van der Waals surface area (Å²) in [5.41, 5.74) is 8.45. The number of nitrogens with two attached hydrogens (primary N) is 1. The molecule has 3 N–H and O–H groups in total. The fraction of sp³-hybridized carbons (Fsp3) is 0.444. The quantitative estimate of drug-likeness (QED) is 0.891. The first kappa shape index (κ1) is 13.2. The van der Waals surface area contributed by atoms with E-state index in [1.54, 1.807) is 12.1 Å². The van der Waals surface area contributed by atoms with E-state index in [0.29, 0.717) is 17.1 Å². The van der Waals surface area contributed by atoms with E-state index in [0.717, 1.165) is 42.4 Å². The fourth-order valence-electron chi connectivity index (χ4n) is 4.74. The topological polar surface area (TPSA) is 75.3 Å². The molecule has 2 aromatic rings. The van der Waals surface area contributed by atoms with E-state index in [1.165, 1.54) is 12.8 Å². The number of rotatable bonds is 2. The largest absolute Gasteiger partial charge is 0.507 e. The van der Waals surface area contributed by atoms with Crippen LogP contribution >= 0.6 is 0 Å². The van der Waals surface area contributed by atoms with Crippen LogP contribution in [-0.4, -0.2) is 28.4 Å². The highest BCUT2D eigenvalue weighted by atomic mass is 16.3. The minimum Gasteiger partial charge on any atom is -0.507 e. The number of aromatic nitrogens is 2. The molecule has 1 saturated heterocycles. The third-order valence-corrected chi connectivity index (χ3v) is 6.04. The van der Waals surface area contributed by atoms with Gasteiger partial charge in [-0.2, -0.15) is 0 Å². The molecule has 5 rings (SSSR count). The van der Waals surface area contributed by atoms with Crippen molar-refractivity contribution in [3.63, 3.8) is 0 Å². The van der Waals surface area contributed by atoms with Gasteiger partial charge >= 0.3 is 0 Å². The monoisotopic (exact) mass is 308 g/mol. The third kappa shape index (κ3) is 1.92. The zero-order chi connectivity index (χ0) is 15.6. The zero-order valence-corrected chi connectivity index (χ0v) is 12.9. The molecule has 0 bridgehead atoms. The number of benzene rings is 1. The van der Waals surface area contributed by atoms with Gasteiger partial charge in [-0.15, -0.1) is 10.2 Å². The molecule has 23 heavy (non-hydrogen) atoms. The molecule has 118 valence electrons. The number of fused-ring (bicyclic) bond motifs is 1. The Hall–Kier alpha value is -2.30.